The number of hydrogen-bond donors (Lipinski definition) is 2. The lowest BCUT2D eigenvalue weighted by Gasteiger charge is -2.22. The Morgan fingerprint density at radius 2 is 1.93 bits per heavy atom. The maximum Gasteiger partial charge on any atom is 0.214 e. The largest absolute Gasteiger partial charge is 0.393 e. The Hall–Kier alpha value is -0.130. The van der Waals surface area contributed by atoms with Crippen LogP contribution in [0, 0.1) is 0 Å². The van der Waals surface area contributed by atoms with Crippen molar-refractivity contribution in [1.82, 2.24) is 4.72 Å². The first-order valence-electron chi connectivity index (χ1n) is 5.69. The first-order valence-corrected chi connectivity index (χ1v) is 7.23. The van der Waals surface area contributed by atoms with Crippen LogP contribution in [0.2, 0.25) is 0 Å². The van der Waals surface area contributed by atoms with Gasteiger partial charge in [-0.3, -0.25) is 0 Å². The molecule has 0 saturated heterocycles. The van der Waals surface area contributed by atoms with Gasteiger partial charge in [0.15, 0.2) is 0 Å². The molecule has 0 spiro atoms. The van der Waals surface area contributed by atoms with Crippen molar-refractivity contribution in [3.8, 4) is 0 Å². The molecule has 90 valence electrons. The zero-order valence-electron chi connectivity index (χ0n) is 9.28. The van der Waals surface area contributed by atoms with Gasteiger partial charge in [-0.1, -0.05) is 19.3 Å². The first-order chi connectivity index (χ1) is 7.02. The normalized spacial score (nSPS) is 21.5. The van der Waals surface area contributed by atoms with Crippen LogP contribution in [0.1, 0.15) is 45.4 Å². The predicted molar refractivity (Wildman–Crippen MR) is 60.1 cm³/mol. The summed E-state index contributed by atoms with van der Waals surface area (Å²) in [7, 11) is -3.14. The predicted octanol–water partition coefficient (Wildman–Crippen LogP) is 1.01. The van der Waals surface area contributed by atoms with Crippen LogP contribution in [0.5, 0.6) is 0 Å². The van der Waals surface area contributed by atoms with Crippen molar-refractivity contribution >= 4 is 10.0 Å². The van der Waals surface area contributed by atoms with Crippen LogP contribution in [0.15, 0.2) is 0 Å². The second kappa shape index (κ2) is 5.82. The molecule has 0 aromatic carbocycles. The zero-order chi connectivity index (χ0) is 11.3. The van der Waals surface area contributed by atoms with E-state index in [1.807, 2.05) is 0 Å². The Morgan fingerprint density at radius 3 is 2.47 bits per heavy atom. The second-order valence-corrected chi connectivity index (χ2v) is 6.38. The summed E-state index contributed by atoms with van der Waals surface area (Å²) in [5, 5.41) is 8.82. The molecule has 4 nitrogen and oxygen atoms in total. The fourth-order valence-corrected chi connectivity index (χ4v) is 3.50. The summed E-state index contributed by atoms with van der Waals surface area (Å²) in [5.74, 6) is 0. The van der Waals surface area contributed by atoms with E-state index in [2.05, 4.69) is 4.72 Å². The summed E-state index contributed by atoms with van der Waals surface area (Å²) >= 11 is 0. The molecule has 1 aliphatic rings. The molecule has 1 atom stereocenters. The minimum atomic E-state index is -3.14. The van der Waals surface area contributed by atoms with Gasteiger partial charge in [0.25, 0.3) is 0 Å². The third kappa shape index (κ3) is 4.49. The molecule has 0 amide bonds. The van der Waals surface area contributed by atoms with Gasteiger partial charge in [-0.15, -0.1) is 0 Å². The number of hydrogen-bond acceptors (Lipinski definition) is 3. The Kier molecular flexibility index (Phi) is 5.02. The highest BCUT2D eigenvalue weighted by Crippen LogP contribution is 2.22. The smallest absolute Gasteiger partial charge is 0.214 e. The van der Waals surface area contributed by atoms with E-state index in [0.717, 1.165) is 32.1 Å². The summed E-state index contributed by atoms with van der Waals surface area (Å²) in [6, 6.07) is 0. The van der Waals surface area contributed by atoms with Crippen LogP contribution in [0.4, 0.5) is 0 Å². The third-order valence-electron chi connectivity index (χ3n) is 2.86. The van der Waals surface area contributed by atoms with Gasteiger partial charge in [-0.05, 0) is 26.2 Å². The molecular formula is C10H21NO3S. The van der Waals surface area contributed by atoms with Gasteiger partial charge < -0.3 is 5.11 Å². The molecule has 1 rings (SSSR count). The van der Waals surface area contributed by atoms with Gasteiger partial charge >= 0.3 is 0 Å². The van der Waals surface area contributed by atoms with Gasteiger partial charge in [0, 0.05) is 6.54 Å². The van der Waals surface area contributed by atoms with Crippen LogP contribution in [-0.4, -0.2) is 31.4 Å². The average Bonchev–Trinajstić information content (AvgIpc) is 2.18. The molecule has 0 radical (unpaired) electrons. The Morgan fingerprint density at radius 1 is 1.33 bits per heavy atom. The van der Waals surface area contributed by atoms with Crippen molar-refractivity contribution in [3.63, 3.8) is 0 Å². The van der Waals surface area contributed by atoms with Gasteiger partial charge in [0.1, 0.15) is 0 Å². The number of sulfonamides is 1. The van der Waals surface area contributed by atoms with Crippen molar-refractivity contribution < 1.29 is 13.5 Å². The molecule has 0 aromatic heterocycles. The summed E-state index contributed by atoms with van der Waals surface area (Å²) < 4.78 is 26.1. The summed E-state index contributed by atoms with van der Waals surface area (Å²) in [4.78, 5) is 0. The summed E-state index contributed by atoms with van der Waals surface area (Å²) in [6.45, 7) is 2.01. The molecule has 0 bridgehead atoms. The van der Waals surface area contributed by atoms with Gasteiger partial charge in [0.05, 0.1) is 11.4 Å². The lowest BCUT2D eigenvalue weighted by molar-refractivity contribution is 0.186. The lowest BCUT2D eigenvalue weighted by Crippen LogP contribution is -2.36. The van der Waals surface area contributed by atoms with Crippen LogP contribution in [0.25, 0.3) is 0 Å². The zero-order valence-corrected chi connectivity index (χ0v) is 10.1. The highest BCUT2D eigenvalue weighted by Gasteiger charge is 2.26. The topological polar surface area (TPSA) is 66.4 Å². The monoisotopic (exact) mass is 235 g/mol. The highest BCUT2D eigenvalue weighted by molar-refractivity contribution is 7.90. The van der Waals surface area contributed by atoms with Crippen LogP contribution in [0.3, 0.4) is 0 Å². The summed E-state index contributed by atoms with van der Waals surface area (Å²) in [5.41, 5.74) is 0. The lowest BCUT2D eigenvalue weighted by atomic mass is 10.0. The van der Waals surface area contributed by atoms with Crippen LogP contribution in [-0.2, 0) is 10.0 Å². The summed E-state index contributed by atoms with van der Waals surface area (Å²) in [6.07, 6.45) is 4.78. The Labute approximate surface area is 92.1 Å². The van der Waals surface area contributed by atoms with E-state index in [1.54, 1.807) is 6.92 Å². The van der Waals surface area contributed by atoms with Crippen molar-refractivity contribution in [2.45, 2.75) is 56.8 Å². The molecule has 1 saturated carbocycles. The quantitative estimate of drug-likeness (QED) is 0.747. The fourth-order valence-electron chi connectivity index (χ4n) is 1.90. The Balaban J connectivity index is 2.36. The molecule has 15 heavy (non-hydrogen) atoms. The van der Waals surface area contributed by atoms with Gasteiger partial charge in [-0.25, -0.2) is 13.1 Å². The van der Waals surface area contributed by atoms with E-state index in [1.165, 1.54) is 0 Å². The standard InChI is InChI=1S/C10H21NO3S/c1-9(12)7-8-11-15(13,14)10-5-3-2-4-6-10/h9-12H,2-8H2,1H3. The third-order valence-corrected chi connectivity index (χ3v) is 4.81. The fraction of sp³-hybridized carbons (Fsp3) is 1.00. The minimum absolute atomic E-state index is 0.208. The van der Waals surface area contributed by atoms with Crippen molar-refractivity contribution in [3.05, 3.63) is 0 Å². The van der Waals surface area contributed by atoms with Crippen molar-refractivity contribution in [2.75, 3.05) is 6.54 Å². The molecule has 0 heterocycles. The molecule has 1 aliphatic carbocycles. The van der Waals surface area contributed by atoms with E-state index < -0.39 is 16.1 Å². The molecule has 5 heteroatoms. The second-order valence-electron chi connectivity index (χ2n) is 4.34. The van der Waals surface area contributed by atoms with E-state index in [0.29, 0.717) is 13.0 Å². The van der Waals surface area contributed by atoms with Crippen LogP contribution < -0.4 is 4.72 Å². The number of aliphatic hydroxyl groups is 1. The number of rotatable bonds is 5. The maximum atomic E-state index is 11.8. The van der Waals surface area contributed by atoms with E-state index in [4.69, 9.17) is 5.11 Å². The van der Waals surface area contributed by atoms with Crippen molar-refractivity contribution in [2.24, 2.45) is 0 Å². The number of nitrogens with one attached hydrogen (secondary N) is 1. The molecule has 2 N–H and O–H groups in total. The molecule has 0 aromatic rings. The molecule has 1 fully saturated rings. The van der Waals surface area contributed by atoms with Gasteiger partial charge in [-0.2, -0.15) is 0 Å². The van der Waals surface area contributed by atoms with Gasteiger partial charge in [0.2, 0.25) is 10.0 Å². The highest BCUT2D eigenvalue weighted by atomic mass is 32.2. The first kappa shape index (κ1) is 12.9. The minimum Gasteiger partial charge on any atom is -0.393 e. The van der Waals surface area contributed by atoms with E-state index in [-0.39, 0.29) is 5.25 Å². The van der Waals surface area contributed by atoms with Crippen molar-refractivity contribution in [1.29, 1.82) is 0 Å². The SMILES string of the molecule is CC(O)CCNS(=O)(=O)C1CCCCC1. The maximum absolute atomic E-state index is 11.8. The molecule has 1 unspecified atom stereocenters. The van der Waals surface area contributed by atoms with Crippen LogP contribution >= 0.6 is 0 Å². The molecule has 0 aliphatic heterocycles. The van der Waals surface area contributed by atoms with E-state index in [9.17, 15) is 8.42 Å². The number of aliphatic hydroxyl groups excluding tert-OH is 1. The molecular weight excluding hydrogens is 214 g/mol. The average molecular weight is 235 g/mol. The van der Waals surface area contributed by atoms with E-state index >= 15 is 0 Å². The Bertz CT molecular complexity index is 268.